The molecule has 8 heteroatoms. The van der Waals surface area contributed by atoms with E-state index in [4.69, 9.17) is 19.2 Å². The van der Waals surface area contributed by atoms with Gasteiger partial charge in [-0.1, -0.05) is 6.92 Å². The topological polar surface area (TPSA) is 57.2 Å². The predicted octanol–water partition coefficient (Wildman–Crippen LogP) is 2.91. The smallest absolute Gasteiger partial charge is 0.381 e. The lowest BCUT2D eigenvalue weighted by molar-refractivity contribution is -0.541. The number of hydrogen-bond acceptors (Lipinski definition) is 5. The van der Waals surface area contributed by atoms with Gasteiger partial charge in [0.1, 0.15) is 5.60 Å². The lowest BCUT2D eigenvalue weighted by atomic mass is 9.59. The molecule has 24 heavy (non-hydrogen) atoms. The molecule has 138 valence electrons. The van der Waals surface area contributed by atoms with Gasteiger partial charge >= 0.3 is 6.18 Å². The third-order valence-corrected chi connectivity index (χ3v) is 6.62. The summed E-state index contributed by atoms with van der Waals surface area (Å²) in [7, 11) is 0. The molecule has 1 aliphatic carbocycles. The minimum Gasteiger partial charge on any atom is -0.381 e. The van der Waals surface area contributed by atoms with E-state index < -0.39 is 41.5 Å². The molecule has 0 aromatic carbocycles. The summed E-state index contributed by atoms with van der Waals surface area (Å²) >= 11 is 0. The quantitative estimate of drug-likeness (QED) is 0.736. The molecule has 5 rings (SSSR count). The normalized spacial score (nSPS) is 55.1. The molecule has 0 radical (unpaired) electrons. The van der Waals surface area contributed by atoms with Crippen molar-refractivity contribution in [2.24, 2.45) is 17.8 Å². The maximum absolute atomic E-state index is 13.3. The molecule has 4 saturated heterocycles. The van der Waals surface area contributed by atoms with Crippen molar-refractivity contribution in [1.82, 2.24) is 0 Å². The molecular weight excluding hydrogens is 329 g/mol. The molecule has 4 aliphatic heterocycles. The Morgan fingerprint density at radius 3 is 2.46 bits per heavy atom. The second-order valence-corrected chi connectivity index (χ2v) is 8.10. The maximum atomic E-state index is 13.3. The molecule has 5 fully saturated rings. The minimum absolute atomic E-state index is 0.0344. The van der Waals surface area contributed by atoms with Crippen molar-refractivity contribution in [1.29, 1.82) is 0 Å². The van der Waals surface area contributed by atoms with E-state index >= 15 is 0 Å². The average molecular weight is 352 g/mol. The lowest BCUT2D eigenvalue weighted by Gasteiger charge is -2.51. The van der Waals surface area contributed by atoms with Crippen LogP contribution in [0.25, 0.3) is 0 Å². The van der Waals surface area contributed by atoms with Gasteiger partial charge in [-0.15, -0.1) is 0 Å². The molecule has 1 saturated carbocycles. The van der Waals surface area contributed by atoms with E-state index in [0.29, 0.717) is 12.8 Å². The zero-order chi connectivity index (χ0) is 17.5. The first-order chi connectivity index (χ1) is 11.0. The highest BCUT2D eigenvalue weighted by molar-refractivity contribution is 5.17. The first-order valence-corrected chi connectivity index (χ1v) is 8.50. The van der Waals surface area contributed by atoms with Crippen LogP contribution in [-0.4, -0.2) is 40.7 Å². The molecule has 8 atom stereocenters. The van der Waals surface area contributed by atoms with Crippen LogP contribution in [0, 0.1) is 17.8 Å². The summed E-state index contributed by atoms with van der Waals surface area (Å²) in [5, 5.41) is 10.0. The summed E-state index contributed by atoms with van der Waals surface area (Å²) in [4.78, 5) is 11.3. The number of ether oxygens (including phenoxy) is 2. The number of halogens is 3. The summed E-state index contributed by atoms with van der Waals surface area (Å²) in [6, 6.07) is 0. The first kappa shape index (κ1) is 17.0. The van der Waals surface area contributed by atoms with Gasteiger partial charge in [0.05, 0.1) is 0 Å². The van der Waals surface area contributed by atoms with Crippen molar-refractivity contribution in [2.45, 2.75) is 82.0 Å². The van der Waals surface area contributed by atoms with E-state index in [9.17, 15) is 18.3 Å². The zero-order valence-corrected chi connectivity index (χ0v) is 13.9. The van der Waals surface area contributed by atoms with Crippen LogP contribution < -0.4 is 0 Å². The van der Waals surface area contributed by atoms with E-state index in [0.717, 1.165) is 12.8 Å². The van der Waals surface area contributed by atoms with Gasteiger partial charge in [-0.2, -0.15) is 13.2 Å². The van der Waals surface area contributed by atoms with Crippen molar-refractivity contribution in [3.63, 3.8) is 0 Å². The Bertz CT molecular complexity index is 542. The highest BCUT2D eigenvalue weighted by atomic mass is 19.4. The summed E-state index contributed by atoms with van der Waals surface area (Å²) in [6.07, 6.45) is -5.82. The Balaban J connectivity index is 1.81. The molecule has 1 spiro atoms. The van der Waals surface area contributed by atoms with E-state index in [-0.39, 0.29) is 11.8 Å². The molecule has 0 aromatic rings. The van der Waals surface area contributed by atoms with Crippen LogP contribution in [0.4, 0.5) is 13.2 Å². The lowest BCUT2D eigenvalue weighted by Crippen LogP contribution is -2.63. The van der Waals surface area contributed by atoms with Gasteiger partial charge in [-0.3, -0.25) is 0 Å². The van der Waals surface area contributed by atoms with Gasteiger partial charge in [-0.25, -0.2) is 9.78 Å². The number of fused-ring (bicyclic) bond motifs is 2. The van der Waals surface area contributed by atoms with Crippen LogP contribution in [0.5, 0.6) is 0 Å². The molecule has 5 aliphatic rings. The van der Waals surface area contributed by atoms with Crippen molar-refractivity contribution in [3.8, 4) is 0 Å². The Morgan fingerprint density at radius 1 is 1.08 bits per heavy atom. The highest BCUT2D eigenvalue weighted by Gasteiger charge is 2.77. The molecule has 5 nitrogen and oxygen atoms in total. The number of aliphatic hydroxyl groups is 1. The van der Waals surface area contributed by atoms with Crippen LogP contribution >= 0.6 is 0 Å². The molecule has 1 unspecified atom stereocenters. The monoisotopic (exact) mass is 352 g/mol. The summed E-state index contributed by atoms with van der Waals surface area (Å²) in [5.74, 6) is -1.47. The van der Waals surface area contributed by atoms with Gasteiger partial charge in [-0.05, 0) is 44.9 Å². The Hall–Kier alpha value is -0.410. The first-order valence-electron chi connectivity index (χ1n) is 8.50. The van der Waals surface area contributed by atoms with Crippen LogP contribution in [-0.2, 0) is 19.2 Å². The standard InChI is InChI=1S/C16H23F3O5/c1-8-4-5-10-14(3,11(20)16(17,18)19)22-12-15(10)9(8)6-7-13(2,21-12)23-24-15/h8-12,20H,4-7H2,1-3H3/t8-,9+,10+,11?,12+,13-,14-,15-/m1/s1. The van der Waals surface area contributed by atoms with Crippen LogP contribution in [0.2, 0.25) is 0 Å². The Kier molecular flexibility index (Phi) is 3.44. The molecular formula is C16H23F3O5. The summed E-state index contributed by atoms with van der Waals surface area (Å²) in [6.45, 7) is 5.09. The van der Waals surface area contributed by atoms with E-state index in [2.05, 4.69) is 6.92 Å². The zero-order valence-electron chi connectivity index (χ0n) is 13.9. The number of aliphatic hydroxyl groups excluding tert-OH is 1. The number of alkyl halides is 3. The average Bonchev–Trinajstić information content (AvgIpc) is 2.58. The van der Waals surface area contributed by atoms with Crippen molar-refractivity contribution in [2.75, 3.05) is 0 Å². The number of hydrogen-bond donors (Lipinski definition) is 1. The highest BCUT2D eigenvalue weighted by Crippen LogP contribution is 2.64. The van der Waals surface area contributed by atoms with Crippen molar-refractivity contribution in [3.05, 3.63) is 0 Å². The SMILES string of the molecule is C[C@@H]1CC[C@@H]2[C@]34OO[C@](C)(CC[C@@H]13)O[C@H]4O[C@@]2(C)C(O)C(F)(F)F. The third-order valence-electron chi connectivity index (χ3n) is 6.62. The molecule has 0 aromatic heterocycles. The largest absolute Gasteiger partial charge is 0.417 e. The van der Waals surface area contributed by atoms with E-state index in [1.165, 1.54) is 6.92 Å². The summed E-state index contributed by atoms with van der Waals surface area (Å²) in [5.41, 5.74) is -2.93. The van der Waals surface area contributed by atoms with Gasteiger partial charge in [0.15, 0.2) is 18.0 Å². The fraction of sp³-hybridized carbons (Fsp3) is 1.00. The molecule has 4 heterocycles. The fourth-order valence-corrected chi connectivity index (χ4v) is 5.33. The van der Waals surface area contributed by atoms with Crippen LogP contribution in [0.1, 0.15) is 46.5 Å². The van der Waals surface area contributed by atoms with Gasteiger partial charge in [0.25, 0.3) is 0 Å². The Morgan fingerprint density at radius 2 is 1.79 bits per heavy atom. The summed E-state index contributed by atoms with van der Waals surface area (Å²) < 4.78 is 51.5. The Labute approximate surface area is 138 Å². The molecule has 2 bridgehead atoms. The minimum atomic E-state index is -4.78. The van der Waals surface area contributed by atoms with Crippen LogP contribution in [0.15, 0.2) is 0 Å². The van der Waals surface area contributed by atoms with Gasteiger partial charge in [0, 0.05) is 12.3 Å². The van der Waals surface area contributed by atoms with Crippen LogP contribution in [0.3, 0.4) is 0 Å². The number of rotatable bonds is 1. The second-order valence-electron chi connectivity index (χ2n) is 8.10. The molecule has 1 N–H and O–H groups in total. The maximum Gasteiger partial charge on any atom is 0.417 e. The van der Waals surface area contributed by atoms with E-state index in [1.54, 1.807) is 6.92 Å². The fourth-order valence-electron chi connectivity index (χ4n) is 5.33. The molecule has 0 amide bonds. The van der Waals surface area contributed by atoms with Gasteiger partial charge in [0.2, 0.25) is 5.79 Å². The van der Waals surface area contributed by atoms with Gasteiger partial charge < -0.3 is 14.6 Å². The predicted molar refractivity (Wildman–Crippen MR) is 74.3 cm³/mol. The van der Waals surface area contributed by atoms with Crippen molar-refractivity contribution < 1.29 is 37.5 Å². The third kappa shape index (κ3) is 2.00. The van der Waals surface area contributed by atoms with E-state index in [1.807, 2.05) is 0 Å². The second kappa shape index (κ2) is 4.85. The van der Waals surface area contributed by atoms with Crippen molar-refractivity contribution >= 4 is 0 Å².